The van der Waals surface area contributed by atoms with Gasteiger partial charge in [-0.1, -0.05) is 32.1 Å². The standard InChI is InChI=1S/C27H46O15/c1-12-18(30)20(32)21(33)26(38-12)42-23-14(7-8-37-17(23)11-29)40-27-22(34)24(19(31)16(10-28)41-27)39-15(25(35)36)9-13-5-3-2-4-6-13/h12-24,26-34H,2-11H2,1H3,(H,35,36)/t12-,14+,15-,16-,17-,18+,19-,20-,21-,22-,23-,24-,26-,27+/m0/s1. The van der Waals surface area contributed by atoms with Gasteiger partial charge in [-0.15, -0.1) is 0 Å². The molecule has 4 aliphatic rings. The van der Waals surface area contributed by atoms with E-state index in [9.17, 15) is 45.6 Å². The maximum atomic E-state index is 12.1. The summed E-state index contributed by atoms with van der Waals surface area (Å²) in [6.45, 7) is 0.393. The van der Waals surface area contributed by atoms with Crippen LogP contribution in [0.25, 0.3) is 0 Å². The fourth-order valence-electron chi connectivity index (χ4n) is 6.22. The molecule has 3 aliphatic heterocycles. The second kappa shape index (κ2) is 15.3. The van der Waals surface area contributed by atoms with Crippen LogP contribution in [0, 0.1) is 5.92 Å². The van der Waals surface area contributed by atoms with Crippen molar-refractivity contribution in [3.63, 3.8) is 0 Å². The van der Waals surface area contributed by atoms with Crippen LogP contribution in [0.15, 0.2) is 0 Å². The fourth-order valence-corrected chi connectivity index (χ4v) is 6.22. The molecule has 4 rings (SSSR count). The highest BCUT2D eigenvalue weighted by atomic mass is 16.7. The van der Waals surface area contributed by atoms with E-state index in [0.29, 0.717) is 0 Å². The summed E-state index contributed by atoms with van der Waals surface area (Å²) in [5, 5.41) is 82.4. The third-order valence-corrected chi connectivity index (χ3v) is 8.75. The minimum Gasteiger partial charge on any atom is -0.479 e. The van der Waals surface area contributed by atoms with E-state index in [2.05, 4.69) is 0 Å². The van der Waals surface area contributed by atoms with Crippen molar-refractivity contribution in [2.75, 3.05) is 19.8 Å². The van der Waals surface area contributed by atoms with Gasteiger partial charge < -0.3 is 69.3 Å². The summed E-state index contributed by atoms with van der Waals surface area (Å²) in [5.41, 5.74) is 0. The molecule has 3 heterocycles. The molecular weight excluding hydrogens is 564 g/mol. The van der Waals surface area contributed by atoms with Gasteiger partial charge in [0.05, 0.1) is 25.4 Å². The highest BCUT2D eigenvalue weighted by Gasteiger charge is 2.51. The van der Waals surface area contributed by atoms with Gasteiger partial charge in [-0.2, -0.15) is 0 Å². The third-order valence-electron chi connectivity index (χ3n) is 8.75. The largest absolute Gasteiger partial charge is 0.479 e. The molecule has 244 valence electrons. The van der Waals surface area contributed by atoms with Crippen molar-refractivity contribution < 1.29 is 74.1 Å². The van der Waals surface area contributed by atoms with E-state index in [1.807, 2.05) is 0 Å². The molecule has 0 aromatic heterocycles. The number of carboxylic acid groups (broad SMARTS) is 1. The van der Waals surface area contributed by atoms with E-state index in [1.165, 1.54) is 6.92 Å². The number of aliphatic hydroxyl groups is 7. The van der Waals surface area contributed by atoms with Crippen molar-refractivity contribution in [2.24, 2.45) is 5.92 Å². The van der Waals surface area contributed by atoms with Crippen LogP contribution in [0.3, 0.4) is 0 Å². The monoisotopic (exact) mass is 610 g/mol. The van der Waals surface area contributed by atoms with Crippen molar-refractivity contribution in [1.29, 1.82) is 0 Å². The number of carboxylic acids is 1. The number of aliphatic hydroxyl groups excluding tert-OH is 7. The van der Waals surface area contributed by atoms with Gasteiger partial charge in [0, 0.05) is 6.61 Å². The van der Waals surface area contributed by atoms with E-state index < -0.39 is 105 Å². The summed E-state index contributed by atoms with van der Waals surface area (Å²) in [4.78, 5) is 12.1. The smallest absolute Gasteiger partial charge is 0.332 e. The predicted molar refractivity (Wildman–Crippen MR) is 139 cm³/mol. The molecule has 0 aromatic rings. The lowest BCUT2D eigenvalue weighted by molar-refractivity contribution is -0.356. The molecule has 0 unspecified atom stereocenters. The molecule has 15 nitrogen and oxygen atoms in total. The first kappa shape index (κ1) is 33.8. The average Bonchev–Trinajstić information content (AvgIpc) is 2.98. The summed E-state index contributed by atoms with van der Waals surface area (Å²) < 4.78 is 34.5. The molecule has 0 aromatic carbocycles. The Morgan fingerprint density at radius 2 is 1.45 bits per heavy atom. The van der Waals surface area contributed by atoms with E-state index in [4.69, 9.17) is 28.4 Å². The molecule has 15 heteroatoms. The second-order valence-corrected chi connectivity index (χ2v) is 11.7. The number of aliphatic carboxylic acids is 1. The molecule has 0 radical (unpaired) electrons. The Morgan fingerprint density at radius 1 is 0.786 bits per heavy atom. The highest BCUT2D eigenvalue weighted by molar-refractivity contribution is 5.72. The molecule has 1 aliphatic carbocycles. The summed E-state index contributed by atoms with van der Waals surface area (Å²) in [6.07, 6.45) is -13.6. The Hall–Kier alpha value is -1.05. The van der Waals surface area contributed by atoms with E-state index >= 15 is 0 Å². The molecule has 0 amide bonds. The summed E-state index contributed by atoms with van der Waals surface area (Å²) in [5.74, 6) is -1.11. The van der Waals surface area contributed by atoms with Crippen LogP contribution in [0.5, 0.6) is 0 Å². The fraction of sp³-hybridized carbons (Fsp3) is 0.963. The zero-order valence-corrected chi connectivity index (χ0v) is 23.7. The quantitative estimate of drug-likeness (QED) is 0.122. The molecule has 1 saturated carbocycles. The first-order chi connectivity index (χ1) is 20.0. The number of hydrogen-bond donors (Lipinski definition) is 8. The normalized spacial score (nSPS) is 44.5. The lowest BCUT2D eigenvalue weighted by atomic mass is 9.85. The van der Waals surface area contributed by atoms with Gasteiger partial charge in [0.25, 0.3) is 0 Å². The Labute approximate surface area is 243 Å². The summed E-state index contributed by atoms with van der Waals surface area (Å²) in [6, 6.07) is 0. The summed E-state index contributed by atoms with van der Waals surface area (Å²) in [7, 11) is 0. The number of rotatable bonds is 11. The van der Waals surface area contributed by atoms with Gasteiger partial charge in [-0.25, -0.2) is 4.79 Å². The lowest BCUT2D eigenvalue weighted by Gasteiger charge is -2.47. The van der Waals surface area contributed by atoms with Gasteiger partial charge in [-0.05, 0) is 25.7 Å². The minimum absolute atomic E-state index is 0.110. The Bertz CT molecular complexity index is 842. The second-order valence-electron chi connectivity index (χ2n) is 11.7. The SMILES string of the molecule is C[C@@H]1O[C@@H](O[C@@H]2[C@H](CO)OCC[C@H]2O[C@@H]2O[C@@H](CO)[C@H](O)[C@H](O[C@@H](CC3CCCCC3)C(=O)O)[C@@H]2O)[C@@H](O)[C@@H](O)[C@@H]1O. The topological polar surface area (TPSA) is 234 Å². The van der Waals surface area contributed by atoms with Gasteiger partial charge in [0.1, 0.15) is 54.9 Å². The van der Waals surface area contributed by atoms with E-state index in [-0.39, 0.29) is 25.4 Å². The van der Waals surface area contributed by atoms with Crippen LogP contribution in [0.4, 0.5) is 0 Å². The minimum atomic E-state index is -1.68. The first-order valence-corrected chi connectivity index (χ1v) is 14.8. The van der Waals surface area contributed by atoms with E-state index in [0.717, 1.165) is 32.1 Å². The molecule has 8 N–H and O–H groups in total. The Morgan fingerprint density at radius 3 is 2.10 bits per heavy atom. The van der Waals surface area contributed by atoms with Gasteiger partial charge in [-0.3, -0.25) is 0 Å². The van der Waals surface area contributed by atoms with Crippen LogP contribution in [0.1, 0.15) is 51.9 Å². The molecule has 42 heavy (non-hydrogen) atoms. The van der Waals surface area contributed by atoms with Crippen LogP contribution in [-0.4, -0.2) is 152 Å². The van der Waals surface area contributed by atoms with Gasteiger partial charge in [0.2, 0.25) is 0 Å². The maximum absolute atomic E-state index is 12.1. The number of carbonyl (C=O) groups is 1. The van der Waals surface area contributed by atoms with Crippen LogP contribution in [-0.2, 0) is 33.2 Å². The van der Waals surface area contributed by atoms with Crippen molar-refractivity contribution in [1.82, 2.24) is 0 Å². The molecule has 14 atom stereocenters. The highest BCUT2D eigenvalue weighted by Crippen LogP contribution is 2.34. The van der Waals surface area contributed by atoms with Crippen LogP contribution < -0.4 is 0 Å². The molecule has 0 bridgehead atoms. The van der Waals surface area contributed by atoms with Gasteiger partial charge in [0.15, 0.2) is 18.7 Å². The van der Waals surface area contributed by atoms with Crippen molar-refractivity contribution in [2.45, 2.75) is 138 Å². The molecule has 0 spiro atoms. The average molecular weight is 611 g/mol. The first-order valence-electron chi connectivity index (χ1n) is 14.8. The summed E-state index contributed by atoms with van der Waals surface area (Å²) >= 11 is 0. The van der Waals surface area contributed by atoms with Crippen LogP contribution in [0.2, 0.25) is 0 Å². The predicted octanol–water partition coefficient (Wildman–Crippen LogP) is -2.39. The van der Waals surface area contributed by atoms with Crippen LogP contribution >= 0.6 is 0 Å². The number of ether oxygens (including phenoxy) is 6. The Kier molecular flexibility index (Phi) is 12.3. The zero-order valence-electron chi connectivity index (χ0n) is 23.7. The van der Waals surface area contributed by atoms with Gasteiger partial charge >= 0.3 is 5.97 Å². The zero-order chi connectivity index (χ0) is 30.6. The molecule has 3 saturated heterocycles. The molecule has 4 fully saturated rings. The van der Waals surface area contributed by atoms with E-state index in [1.54, 1.807) is 0 Å². The maximum Gasteiger partial charge on any atom is 0.332 e. The van der Waals surface area contributed by atoms with Crippen molar-refractivity contribution in [3.05, 3.63) is 0 Å². The third kappa shape index (κ3) is 7.77. The Balaban J connectivity index is 1.49. The van der Waals surface area contributed by atoms with Crippen molar-refractivity contribution >= 4 is 5.97 Å². The lowest BCUT2D eigenvalue weighted by Crippen LogP contribution is -2.63. The van der Waals surface area contributed by atoms with Crippen molar-refractivity contribution in [3.8, 4) is 0 Å². The number of hydrogen-bond acceptors (Lipinski definition) is 14. The molecular formula is C27H46O15.